The van der Waals surface area contributed by atoms with Crippen LogP contribution in [0.3, 0.4) is 0 Å². The van der Waals surface area contributed by atoms with E-state index in [1.54, 1.807) is 6.33 Å². The summed E-state index contributed by atoms with van der Waals surface area (Å²) in [4.78, 5) is 12.3. The van der Waals surface area contributed by atoms with E-state index in [1.807, 2.05) is 35.8 Å². The number of hydrogen-bond acceptors (Lipinski definition) is 5. The van der Waals surface area contributed by atoms with E-state index in [4.69, 9.17) is 10.5 Å². The van der Waals surface area contributed by atoms with Gasteiger partial charge in [0.15, 0.2) is 5.82 Å². The second kappa shape index (κ2) is 6.89. The molecule has 0 aliphatic carbocycles. The molecule has 0 spiro atoms. The van der Waals surface area contributed by atoms with Crippen LogP contribution in [0.25, 0.3) is 11.4 Å². The predicted octanol–water partition coefficient (Wildman–Crippen LogP) is 1.41. The van der Waals surface area contributed by atoms with E-state index in [9.17, 15) is 4.79 Å². The van der Waals surface area contributed by atoms with Crippen molar-refractivity contribution in [1.29, 1.82) is 0 Å². The minimum atomic E-state index is -0.425. The molecule has 122 valence electrons. The average Bonchev–Trinajstić information content (AvgIpc) is 3.24. The third kappa shape index (κ3) is 3.40. The summed E-state index contributed by atoms with van der Waals surface area (Å²) in [7, 11) is 0. The van der Waals surface area contributed by atoms with Gasteiger partial charge in [0.2, 0.25) is 0 Å². The minimum absolute atomic E-state index is 0.0137. The lowest BCUT2D eigenvalue weighted by atomic mass is 10.1. The van der Waals surface area contributed by atoms with Crippen molar-refractivity contribution in [1.82, 2.24) is 14.8 Å². The first kappa shape index (κ1) is 15.6. The molecule has 0 radical (unpaired) electrons. The molecule has 7 nitrogen and oxygen atoms in total. The second-order valence-electron chi connectivity index (χ2n) is 5.57. The number of anilines is 1. The van der Waals surface area contributed by atoms with Crippen LogP contribution in [0.2, 0.25) is 0 Å². The Morgan fingerprint density at radius 1 is 1.48 bits per heavy atom. The van der Waals surface area contributed by atoms with Gasteiger partial charge in [0.05, 0.1) is 6.10 Å². The van der Waals surface area contributed by atoms with E-state index >= 15 is 0 Å². The van der Waals surface area contributed by atoms with Crippen molar-refractivity contribution in [2.24, 2.45) is 5.73 Å². The third-order valence-corrected chi connectivity index (χ3v) is 4.01. The number of carbonyl (C=O) groups is 1. The topological polar surface area (TPSA) is 95.1 Å². The van der Waals surface area contributed by atoms with Gasteiger partial charge in [-0.15, -0.1) is 10.2 Å². The van der Waals surface area contributed by atoms with Gasteiger partial charge < -0.3 is 20.4 Å². The van der Waals surface area contributed by atoms with Gasteiger partial charge in [-0.3, -0.25) is 4.79 Å². The van der Waals surface area contributed by atoms with Crippen LogP contribution >= 0.6 is 0 Å². The quantitative estimate of drug-likeness (QED) is 0.870. The summed E-state index contributed by atoms with van der Waals surface area (Å²) in [5, 5.41) is 11.0. The first-order valence-electron chi connectivity index (χ1n) is 7.86. The molecule has 1 aromatic heterocycles. The molecule has 7 heteroatoms. The fraction of sp³-hybridized carbons (Fsp3) is 0.438. The van der Waals surface area contributed by atoms with Crippen molar-refractivity contribution < 1.29 is 9.53 Å². The van der Waals surface area contributed by atoms with Gasteiger partial charge in [0.1, 0.15) is 12.4 Å². The van der Waals surface area contributed by atoms with Crippen LogP contribution in [0.1, 0.15) is 19.8 Å². The van der Waals surface area contributed by atoms with Crippen LogP contribution in [0.5, 0.6) is 0 Å². The number of nitrogens with one attached hydrogen (secondary N) is 1. The Morgan fingerprint density at radius 3 is 3.09 bits per heavy atom. The van der Waals surface area contributed by atoms with Crippen LogP contribution in [-0.2, 0) is 16.1 Å². The number of amides is 1. The number of carbonyl (C=O) groups excluding carboxylic acids is 1. The monoisotopic (exact) mass is 315 g/mol. The lowest BCUT2D eigenvalue weighted by molar-refractivity contribution is -0.126. The van der Waals surface area contributed by atoms with Crippen molar-refractivity contribution in [3.8, 4) is 11.4 Å². The summed E-state index contributed by atoms with van der Waals surface area (Å²) >= 11 is 0. The molecule has 1 amide bonds. The molecule has 0 saturated carbocycles. The van der Waals surface area contributed by atoms with E-state index in [-0.39, 0.29) is 12.0 Å². The lowest BCUT2D eigenvalue weighted by Gasteiger charge is -2.13. The van der Waals surface area contributed by atoms with Gasteiger partial charge in [-0.1, -0.05) is 12.1 Å². The smallest absolute Gasteiger partial charge is 0.253 e. The third-order valence-electron chi connectivity index (χ3n) is 4.01. The number of ether oxygens (including phenoxy) is 1. The lowest BCUT2D eigenvalue weighted by Crippen LogP contribution is -2.29. The Hall–Kier alpha value is -2.25. The number of nitrogens with zero attached hydrogens (tertiary/aromatic N) is 3. The molecule has 2 heterocycles. The highest BCUT2D eigenvalue weighted by atomic mass is 16.5. The van der Waals surface area contributed by atoms with Crippen molar-refractivity contribution in [3.05, 3.63) is 30.6 Å². The van der Waals surface area contributed by atoms with Gasteiger partial charge in [0.25, 0.3) is 5.91 Å². The van der Waals surface area contributed by atoms with Crippen molar-refractivity contribution in [3.63, 3.8) is 0 Å². The first-order chi connectivity index (χ1) is 11.2. The highest BCUT2D eigenvalue weighted by Crippen LogP contribution is 2.23. The molecule has 1 fully saturated rings. The Balaban J connectivity index is 1.72. The zero-order valence-corrected chi connectivity index (χ0v) is 13.1. The number of nitrogens with two attached hydrogens (primary N) is 1. The normalized spacial score (nSPS) is 20.6. The molecule has 2 atom stereocenters. The molecule has 3 N–H and O–H groups in total. The Morgan fingerprint density at radius 2 is 2.35 bits per heavy atom. The second-order valence-corrected chi connectivity index (χ2v) is 5.57. The maximum absolute atomic E-state index is 12.3. The van der Waals surface area contributed by atoms with Gasteiger partial charge in [-0.05, 0) is 31.9 Å². The molecule has 2 aromatic rings. The van der Waals surface area contributed by atoms with Gasteiger partial charge in [-0.25, -0.2) is 0 Å². The SMILES string of the molecule is CCn1cnnc1-c1cccc(NC(=O)[C@@H]2CC[C@H](CN)O2)c1. The highest BCUT2D eigenvalue weighted by Gasteiger charge is 2.29. The highest BCUT2D eigenvalue weighted by molar-refractivity contribution is 5.94. The van der Waals surface area contributed by atoms with Crippen molar-refractivity contribution in [2.45, 2.75) is 38.5 Å². The summed E-state index contributed by atoms with van der Waals surface area (Å²) in [6.45, 7) is 3.27. The van der Waals surface area contributed by atoms with Crippen LogP contribution in [0.15, 0.2) is 30.6 Å². The van der Waals surface area contributed by atoms with Gasteiger partial charge in [-0.2, -0.15) is 0 Å². The number of aromatic nitrogens is 3. The molecular formula is C16H21N5O2. The fourth-order valence-electron chi connectivity index (χ4n) is 2.74. The van der Waals surface area contributed by atoms with E-state index in [0.717, 1.165) is 30.0 Å². The Bertz CT molecular complexity index is 685. The molecule has 1 saturated heterocycles. The summed E-state index contributed by atoms with van der Waals surface area (Å²) in [6, 6.07) is 7.58. The zero-order valence-electron chi connectivity index (χ0n) is 13.1. The number of rotatable bonds is 5. The van der Waals surface area contributed by atoms with Crippen LogP contribution < -0.4 is 11.1 Å². The maximum Gasteiger partial charge on any atom is 0.253 e. The molecular weight excluding hydrogens is 294 g/mol. The standard InChI is InChI=1S/C16H21N5O2/c1-2-21-10-18-20-15(21)11-4-3-5-12(8-11)19-16(22)14-7-6-13(9-17)23-14/h3-5,8,10,13-14H,2,6-7,9,17H2,1H3,(H,19,22)/t13-,14+/m1/s1. The summed E-state index contributed by atoms with van der Waals surface area (Å²) < 4.78 is 7.57. The van der Waals surface area contributed by atoms with Gasteiger partial charge >= 0.3 is 0 Å². The first-order valence-corrected chi connectivity index (χ1v) is 7.86. The van der Waals surface area contributed by atoms with E-state index in [2.05, 4.69) is 15.5 Å². The number of hydrogen-bond donors (Lipinski definition) is 2. The molecule has 1 aliphatic heterocycles. The number of aryl methyl sites for hydroxylation is 1. The van der Waals surface area contributed by atoms with E-state index in [0.29, 0.717) is 13.0 Å². The fourth-order valence-corrected chi connectivity index (χ4v) is 2.74. The van der Waals surface area contributed by atoms with Crippen molar-refractivity contribution >= 4 is 11.6 Å². The largest absolute Gasteiger partial charge is 0.364 e. The van der Waals surface area contributed by atoms with E-state index < -0.39 is 6.10 Å². The van der Waals surface area contributed by atoms with Crippen LogP contribution in [-0.4, -0.2) is 39.4 Å². The maximum atomic E-state index is 12.3. The van der Waals surface area contributed by atoms with Crippen LogP contribution in [0.4, 0.5) is 5.69 Å². The Kier molecular flexibility index (Phi) is 4.68. The minimum Gasteiger partial charge on any atom is -0.364 e. The van der Waals surface area contributed by atoms with Gasteiger partial charge in [0, 0.05) is 24.3 Å². The summed E-state index contributed by atoms with van der Waals surface area (Å²) in [5.41, 5.74) is 7.21. The van der Waals surface area contributed by atoms with Crippen molar-refractivity contribution in [2.75, 3.05) is 11.9 Å². The average molecular weight is 315 g/mol. The Labute approximate surface area is 134 Å². The zero-order chi connectivity index (χ0) is 16.2. The molecule has 1 aliphatic rings. The molecule has 3 rings (SSSR count). The number of benzene rings is 1. The van der Waals surface area contributed by atoms with Crippen LogP contribution in [0, 0.1) is 0 Å². The summed E-state index contributed by atoms with van der Waals surface area (Å²) in [5.74, 6) is 0.652. The molecule has 23 heavy (non-hydrogen) atoms. The molecule has 0 bridgehead atoms. The molecule has 0 unspecified atom stereocenters. The summed E-state index contributed by atoms with van der Waals surface area (Å²) in [6.07, 6.45) is 2.79. The van der Waals surface area contributed by atoms with E-state index in [1.165, 1.54) is 0 Å². The predicted molar refractivity (Wildman–Crippen MR) is 86.7 cm³/mol. The molecule has 1 aromatic carbocycles.